The van der Waals surface area contributed by atoms with Gasteiger partial charge in [0.1, 0.15) is 5.75 Å². The average molecular weight is 396 g/mol. The minimum atomic E-state index is -0.0915. The maximum absolute atomic E-state index is 12.2. The SMILES string of the molecule is COc1ccc2[nH]cc(C3=CCN(CC(=O)NCC(=O)N4CCCC4)CC3)c2c1. The van der Waals surface area contributed by atoms with Crippen molar-refractivity contribution in [3.63, 3.8) is 0 Å². The molecule has 0 atom stereocenters. The van der Waals surface area contributed by atoms with Crippen LogP contribution in [0.4, 0.5) is 0 Å². The molecule has 29 heavy (non-hydrogen) atoms. The molecule has 0 spiro atoms. The number of benzene rings is 1. The van der Waals surface area contributed by atoms with Crippen molar-refractivity contribution in [2.75, 3.05) is 46.4 Å². The number of fused-ring (bicyclic) bond motifs is 1. The van der Waals surface area contributed by atoms with Gasteiger partial charge >= 0.3 is 0 Å². The number of carbonyl (C=O) groups excluding carboxylic acids is 2. The van der Waals surface area contributed by atoms with Gasteiger partial charge in [0.05, 0.1) is 20.2 Å². The Morgan fingerprint density at radius 1 is 1.21 bits per heavy atom. The molecule has 3 heterocycles. The van der Waals surface area contributed by atoms with Crippen molar-refractivity contribution < 1.29 is 14.3 Å². The van der Waals surface area contributed by atoms with E-state index in [0.717, 1.165) is 62.1 Å². The third-order valence-corrected chi connectivity index (χ3v) is 5.79. The van der Waals surface area contributed by atoms with Crippen molar-refractivity contribution >= 4 is 28.3 Å². The van der Waals surface area contributed by atoms with E-state index in [0.29, 0.717) is 6.54 Å². The number of likely N-dealkylation sites (tertiary alicyclic amines) is 1. The fourth-order valence-electron chi connectivity index (χ4n) is 4.10. The van der Waals surface area contributed by atoms with Crippen molar-refractivity contribution in [3.8, 4) is 5.75 Å². The highest BCUT2D eigenvalue weighted by atomic mass is 16.5. The summed E-state index contributed by atoms with van der Waals surface area (Å²) in [6.07, 6.45) is 7.23. The third-order valence-electron chi connectivity index (χ3n) is 5.79. The van der Waals surface area contributed by atoms with Gasteiger partial charge in [0.25, 0.3) is 0 Å². The molecular weight excluding hydrogens is 368 g/mol. The largest absolute Gasteiger partial charge is 0.497 e. The Bertz CT molecular complexity index is 927. The van der Waals surface area contributed by atoms with E-state index in [-0.39, 0.29) is 18.4 Å². The van der Waals surface area contributed by atoms with Gasteiger partial charge < -0.3 is 19.9 Å². The highest BCUT2D eigenvalue weighted by molar-refractivity contribution is 5.93. The van der Waals surface area contributed by atoms with Crippen LogP contribution in [0.1, 0.15) is 24.8 Å². The molecule has 7 heteroatoms. The number of amides is 2. The van der Waals surface area contributed by atoms with Crippen molar-refractivity contribution in [1.82, 2.24) is 20.1 Å². The van der Waals surface area contributed by atoms with E-state index in [4.69, 9.17) is 4.74 Å². The quantitative estimate of drug-likeness (QED) is 0.783. The number of ether oxygens (including phenoxy) is 1. The van der Waals surface area contributed by atoms with E-state index < -0.39 is 0 Å². The van der Waals surface area contributed by atoms with Crippen molar-refractivity contribution in [2.24, 2.45) is 0 Å². The Kier molecular flexibility index (Phi) is 5.85. The first kappa shape index (κ1) is 19.5. The summed E-state index contributed by atoms with van der Waals surface area (Å²) in [6, 6.07) is 6.03. The van der Waals surface area contributed by atoms with Gasteiger partial charge in [-0.1, -0.05) is 6.08 Å². The number of nitrogens with one attached hydrogen (secondary N) is 2. The monoisotopic (exact) mass is 396 g/mol. The van der Waals surface area contributed by atoms with Gasteiger partial charge in [0.15, 0.2) is 0 Å². The predicted molar refractivity (Wildman–Crippen MR) is 113 cm³/mol. The molecule has 2 N–H and O–H groups in total. The summed E-state index contributed by atoms with van der Waals surface area (Å²) in [7, 11) is 1.68. The third kappa shape index (κ3) is 4.45. The lowest BCUT2D eigenvalue weighted by molar-refractivity contribution is -0.132. The van der Waals surface area contributed by atoms with E-state index in [1.54, 1.807) is 7.11 Å². The van der Waals surface area contributed by atoms with Crippen molar-refractivity contribution in [2.45, 2.75) is 19.3 Å². The molecule has 1 fully saturated rings. The van der Waals surface area contributed by atoms with Gasteiger partial charge in [-0.05, 0) is 43.0 Å². The molecule has 0 bridgehead atoms. The second-order valence-corrected chi connectivity index (χ2v) is 7.69. The zero-order valence-electron chi connectivity index (χ0n) is 16.9. The molecule has 2 aromatic rings. The number of methoxy groups -OCH3 is 1. The maximum Gasteiger partial charge on any atom is 0.241 e. The molecule has 1 aromatic carbocycles. The normalized spacial score (nSPS) is 17.4. The number of hydrogen-bond acceptors (Lipinski definition) is 4. The maximum atomic E-state index is 12.2. The molecule has 4 rings (SSSR count). The topological polar surface area (TPSA) is 77.7 Å². The summed E-state index contributed by atoms with van der Waals surface area (Å²) >= 11 is 0. The second-order valence-electron chi connectivity index (χ2n) is 7.69. The molecule has 7 nitrogen and oxygen atoms in total. The zero-order chi connectivity index (χ0) is 20.2. The van der Waals surface area contributed by atoms with Crippen LogP contribution in [-0.4, -0.2) is 73.0 Å². The molecule has 2 amide bonds. The first-order valence-electron chi connectivity index (χ1n) is 10.3. The summed E-state index contributed by atoms with van der Waals surface area (Å²) in [5.74, 6) is 0.772. The number of H-pyrrole nitrogens is 1. The number of aromatic nitrogens is 1. The van der Waals surface area contributed by atoms with Gasteiger partial charge in [-0.2, -0.15) is 0 Å². The summed E-state index contributed by atoms with van der Waals surface area (Å²) in [5.41, 5.74) is 3.57. The predicted octanol–water partition coefficient (Wildman–Crippen LogP) is 2.00. The van der Waals surface area contributed by atoms with Crippen LogP contribution in [0.25, 0.3) is 16.5 Å². The highest BCUT2D eigenvalue weighted by Crippen LogP contribution is 2.31. The molecule has 0 aliphatic carbocycles. The number of nitrogens with zero attached hydrogens (tertiary/aromatic N) is 2. The van der Waals surface area contributed by atoms with Crippen LogP contribution in [0.5, 0.6) is 5.75 Å². The van der Waals surface area contributed by atoms with E-state index in [2.05, 4.69) is 27.3 Å². The summed E-state index contributed by atoms with van der Waals surface area (Å²) < 4.78 is 5.35. The van der Waals surface area contributed by atoms with Gasteiger partial charge in [0.2, 0.25) is 11.8 Å². The molecule has 0 unspecified atom stereocenters. The van der Waals surface area contributed by atoms with Crippen molar-refractivity contribution in [1.29, 1.82) is 0 Å². The minimum absolute atomic E-state index is 0.0199. The van der Waals surface area contributed by atoms with Gasteiger partial charge in [0, 0.05) is 48.8 Å². The van der Waals surface area contributed by atoms with Crippen molar-refractivity contribution in [3.05, 3.63) is 36.0 Å². The molecule has 2 aliphatic rings. The van der Waals surface area contributed by atoms with Crippen LogP contribution < -0.4 is 10.1 Å². The lowest BCUT2D eigenvalue weighted by Crippen LogP contribution is -2.43. The number of rotatable bonds is 6. The van der Waals surface area contributed by atoms with Crippen LogP contribution in [0.15, 0.2) is 30.5 Å². The van der Waals surface area contributed by atoms with E-state index in [1.807, 2.05) is 23.2 Å². The van der Waals surface area contributed by atoms with Crippen LogP contribution in [0, 0.1) is 0 Å². The van der Waals surface area contributed by atoms with E-state index in [9.17, 15) is 9.59 Å². The lowest BCUT2D eigenvalue weighted by Gasteiger charge is -2.26. The molecule has 0 radical (unpaired) electrons. The molecule has 1 saturated heterocycles. The van der Waals surface area contributed by atoms with Crippen LogP contribution >= 0.6 is 0 Å². The van der Waals surface area contributed by atoms with Crippen LogP contribution in [-0.2, 0) is 9.59 Å². The average Bonchev–Trinajstić information content (AvgIpc) is 3.42. The first-order valence-corrected chi connectivity index (χ1v) is 10.3. The van der Waals surface area contributed by atoms with Gasteiger partial charge in [-0.3, -0.25) is 14.5 Å². The Hall–Kier alpha value is -2.80. The zero-order valence-corrected chi connectivity index (χ0v) is 16.9. The number of carbonyl (C=O) groups is 2. The standard InChI is InChI=1S/C22H28N4O3/c1-29-17-4-5-20-18(12-17)19(13-23-20)16-6-10-25(11-7-16)15-21(27)24-14-22(28)26-8-2-3-9-26/h4-6,12-13,23H,2-3,7-11,14-15H2,1H3,(H,24,27). The van der Waals surface area contributed by atoms with E-state index in [1.165, 1.54) is 11.1 Å². The van der Waals surface area contributed by atoms with E-state index >= 15 is 0 Å². The molecule has 0 saturated carbocycles. The number of aromatic amines is 1. The Balaban J connectivity index is 1.31. The Morgan fingerprint density at radius 3 is 2.76 bits per heavy atom. The smallest absolute Gasteiger partial charge is 0.241 e. The molecule has 154 valence electrons. The summed E-state index contributed by atoms with van der Waals surface area (Å²) in [6.45, 7) is 3.58. The Morgan fingerprint density at radius 2 is 2.03 bits per heavy atom. The Labute approximate surface area is 170 Å². The van der Waals surface area contributed by atoms with Crippen LogP contribution in [0.3, 0.4) is 0 Å². The molecular formula is C22H28N4O3. The highest BCUT2D eigenvalue weighted by Gasteiger charge is 2.20. The summed E-state index contributed by atoms with van der Waals surface area (Å²) in [5, 5.41) is 3.93. The fourth-order valence-corrected chi connectivity index (χ4v) is 4.10. The number of hydrogen-bond donors (Lipinski definition) is 2. The van der Waals surface area contributed by atoms with Crippen LogP contribution in [0.2, 0.25) is 0 Å². The fraction of sp³-hybridized carbons (Fsp3) is 0.455. The summed E-state index contributed by atoms with van der Waals surface area (Å²) in [4.78, 5) is 31.5. The van der Waals surface area contributed by atoms with Gasteiger partial charge in [-0.25, -0.2) is 0 Å². The van der Waals surface area contributed by atoms with Gasteiger partial charge in [-0.15, -0.1) is 0 Å². The lowest BCUT2D eigenvalue weighted by atomic mass is 9.99. The molecule has 1 aromatic heterocycles. The molecule has 2 aliphatic heterocycles. The second kappa shape index (κ2) is 8.69. The first-order chi connectivity index (χ1) is 14.1. The minimum Gasteiger partial charge on any atom is -0.497 e.